The lowest BCUT2D eigenvalue weighted by molar-refractivity contribution is 1.04. The van der Waals surface area contributed by atoms with Gasteiger partial charge in [0.05, 0.1) is 0 Å². The Morgan fingerprint density at radius 1 is 1.22 bits per heavy atom. The molecule has 0 radical (unpaired) electrons. The van der Waals surface area contributed by atoms with Gasteiger partial charge in [-0.3, -0.25) is 0 Å². The molecule has 0 heterocycles. The van der Waals surface area contributed by atoms with E-state index < -0.39 is 0 Å². The van der Waals surface area contributed by atoms with Crippen LogP contribution >= 0.6 is 0 Å². The van der Waals surface area contributed by atoms with Crippen molar-refractivity contribution in [3.8, 4) is 0 Å². The van der Waals surface area contributed by atoms with Crippen LogP contribution in [-0.2, 0) is 0 Å². The molecule has 1 nitrogen and oxygen atoms in total. The van der Waals surface area contributed by atoms with Crippen molar-refractivity contribution in [2.24, 2.45) is 5.73 Å². The van der Waals surface area contributed by atoms with Gasteiger partial charge in [-0.15, -0.1) is 0 Å². The summed E-state index contributed by atoms with van der Waals surface area (Å²) in [6.45, 7) is 5.87. The van der Waals surface area contributed by atoms with Crippen LogP contribution in [-0.4, -0.2) is 0 Å². The SMILES string of the molecule is C=CC1=CCC/C(c2ccccc2)=C/C(C)=C1N. The molecule has 0 saturated carbocycles. The van der Waals surface area contributed by atoms with Crippen molar-refractivity contribution in [1.82, 2.24) is 0 Å². The summed E-state index contributed by atoms with van der Waals surface area (Å²) >= 11 is 0. The molecule has 1 aliphatic carbocycles. The van der Waals surface area contributed by atoms with E-state index in [0.717, 1.165) is 29.7 Å². The van der Waals surface area contributed by atoms with Crippen molar-refractivity contribution >= 4 is 5.57 Å². The van der Waals surface area contributed by atoms with Gasteiger partial charge in [-0.05, 0) is 42.0 Å². The topological polar surface area (TPSA) is 26.0 Å². The van der Waals surface area contributed by atoms with E-state index in [1.54, 1.807) is 0 Å². The number of allylic oxidation sites excluding steroid dienone is 5. The molecule has 1 aliphatic rings. The molecule has 0 spiro atoms. The fourth-order valence-electron chi connectivity index (χ4n) is 2.21. The highest BCUT2D eigenvalue weighted by atomic mass is 14.6. The molecular weight excluding hydrogens is 218 g/mol. The molecule has 0 saturated heterocycles. The van der Waals surface area contributed by atoms with Gasteiger partial charge in [0.1, 0.15) is 0 Å². The molecule has 92 valence electrons. The first-order chi connectivity index (χ1) is 8.72. The van der Waals surface area contributed by atoms with Crippen molar-refractivity contribution in [1.29, 1.82) is 0 Å². The normalized spacial score (nSPS) is 19.4. The summed E-state index contributed by atoms with van der Waals surface area (Å²) in [6.07, 6.45) is 8.23. The summed E-state index contributed by atoms with van der Waals surface area (Å²) in [7, 11) is 0. The smallest absolute Gasteiger partial charge is 0.0414 e. The summed E-state index contributed by atoms with van der Waals surface area (Å²) < 4.78 is 0. The molecule has 0 fully saturated rings. The average molecular weight is 237 g/mol. The minimum atomic E-state index is 0.832. The molecule has 0 aromatic heterocycles. The van der Waals surface area contributed by atoms with Gasteiger partial charge in [0.15, 0.2) is 0 Å². The molecule has 1 aromatic rings. The van der Waals surface area contributed by atoms with Gasteiger partial charge in [-0.25, -0.2) is 0 Å². The molecule has 18 heavy (non-hydrogen) atoms. The maximum atomic E-state index is 6.14. The number of rotatable bonds is 2. The maximum Gasteiger partial charge on any atom is 0.0414 e. The van der Waals surface area contributed by atoms with E-state index in [9.17, 15) is 0 Å². The maximum absolute atomic E-state index is 6.14. The van der Waals surface area contributed by atoms with Crippen molar-refractivity contribution in [3.63, 3.8) is 0 Å². The molecule has 0 atom stereocenters. The number of hydrogen-bond acceptors (Lipinski definition) is 1. The Bertz CT molecular complexity index is 530. The number of hydrogen-bond donors (Lipinski definition) is 1. The Kier molecular flexibility index (Phi) is 3.83. The minimum absolute atomic E-state index is 0.832. The van der Waals surface area contributed by atoms with E-state index in [1.807, 2.05) is 12.1 Å². The lowest BCUT2D eigenvalue weighted by atomic mass is 9.94. The quantitative estimate of drug-likeness (QED) is 0.819. The first kappa shape index (κ1) is 12.4. The Balaban J connectivity index is 2.43. The molecule has 0 aliphatic heterocycles. The largest absolute Gasteiger partial charge is 0.398 e. The van der Waals surface area contributed by atoms with Gasteiger partial charge in [-0.1, -0.05) is 55.1 Å². The highest BCUT2D eigenvalue weighted by Crippen LogP contribution is 2.26. The van der Waals surface area contributed by atoms with E-state index in [0.29, 0.717) is 0 Å². The fourth-order valence-corrected chi connectivity index (χ4v) is 2.21. The third-order valence-corrected chi connectivity index (χ3v) is 3.27. The van der Waals surface area contributed by atoms with E-state index in [1.165, 1.54) is 11.1 Å². The number of nitrogens with two attached hydrogens (primary N) is 1. The summed E-state index contributed by atoms with van der Waals surface area (Å²) in [6, 6.07) is 10.5. The Hall–Kier alpha value is -2.02. The summed E-state index contributed by atoms with van der Waals surface area (Å²) in [5, 5.41) is 0. The monoisotopic (exact) mass is 237 g/mol. The van der Waals surface area contributed by atoms with E-state index in [-0.39, 0.29) is 0 Å². The van der Waals surface area contributed by atoms with Crippen LogP contribution < -0.4 is 5.73 Å². The molecule has 2 N–H and O–H groups in total. The van der Waals surface area contributed by atoms with Crippen molar-refractivity contribution in [2.45, 2.75) is 19.8 Å². The Morgan fingerprint density at radius 3 is 2.61 bits per heavy atom. The van der Waals surface area contributed by atoms with Crippen molar-refractivity contribution in [2.75, 3.05) is 0 Å². The van der Waals surface area contributed by atoms with Crippen LogP contribution in [0.15, 0.2) is 72.0 Å². The standard InChI is InChI=1S/C17H19N/c1-3-14-10-7-11-16(12-13(2)17(14)18)15-8-5-4-6-9-15/h3-6,8-10,12H,1,7,11,18H2,2H3/b14-10?,16-12-,17-13?. The Morgan fingerprint density at radius 2 is 1.94 bits per heavy atom. The first-order valence-corrected chi connectivity index (χ1v) is 6.27. The van der Waals surface area contributed by atoms with Crippen molar-refractivity contribution < 1.29 is 0 Å². The molecule has 0 bridgehead atoms. The second-order valence-corrected chi connectivity index (χ2v) is 4.53. The molecular formula is C17H19N. The van der Waals surface area contributed by atoms with Crippen molar-refractivity contribution in [3.05, 3.63) is 77.5 Å². The third kappa shape index (κ3) is 2.62. The average Bonchev–Trinajstić information content (AvgIpc) is 2.41. The predicted molar refractivity (Wildman–Crippen MR) is 78.8 cm³/mol. The van der Waals surface area contributed by atoms with Gasteiger partial charge < -0.3 is 5.73 Å². The van der Waals surface area contributed by atoms with Gasteiger partial charge >= 0.3 is 0 Å². The number of benzene rings is 1. The predicted octanol–water partition coefficient (Wildman–Crippen LogP) is 4.21. The summed E-state index contributed by atoms with van der Waals surface area (Å²) in [4.78, 5) is 0. The summed E-state index contributed by atoms with van der Waals surface area (Å²) in [5.74, 6) is 0. The van der Waals surface area contributed by atoms with Gasteiger partial charge in [0.25, 0.3) is 0 Å². The van der Waals surface area contributed by atoms with Crippen LogP contribution in [0.5, 0.6) is 0 Å². The van der Waals surface area contributed by atoms with Gasteiger partial charge in [0, 0.05) is 5.70 Å². The fraction of sp³-hybridized carbons (Fsp3) is 0.176. The third-order valence-electron chi connectivity index (χ3n) is 3.27. The van der Waals surface area contributed by atoms with Crippen LogP contribution in [0.4, 0.5) is 0 Å². The van der Waals surface area contributed by atoms with E-state index >= 15 is 0 Å². The highest BCUT2D eigenvalue weighted by Gasteiger charge is 2.07. The molecule has 1 aromatic carbocycles. The first-order valence-electron chi connectivity index (χ1n) is 6.27. The molecule has 1 heteroatoms. The van der Waals surface area contributed by atoms with Crippen LogP contribution in [0, 0.1) is 0 Å². The lowest BCUT2D eigenvalue weighted by Gasteiger charge is -2.13. The van der Waals surface area contributed by atoms with Gasteiger partial charge in [-0.2, -0.15) is 0 Å². The molecule has 2 rings (SSSR count). The zero-order valence-electron chi connectivity index (χ0n) is 10.8. The second-order valence-electron chi connectivity index (χ2n) is 4.53. The minimum Gasteiger partial charge on any atom is -0.398 e. The van der Waals surface area contributed by atoms with E-state index in [4.69, 9.17) is 5.73 Å². The van der Waals surface area contributed by atoms with E-state index in [2.05, 4.69) is 49.9 Å². The second kappa shape index (κ2) is 5.54. The highest BCUT2D eigenvalue weighted by molar-refractivity contribution is 5.69. The van der Waals surface area contributed by atoms with Gasteiger partial charge in [0.2, 0.25) is 0 Å². The zero-order chi connectivity index (χ0) is 13.0. The van der Waals surface area contributed by atoms with Crippen LogP contribution in [0.25, 0.3) is 5.57 Å². The van der Waals surface area contributed by atoms with Crippen LogP contribution in [0.2, 0.25) is 0 Å². The zero-order valence-corrected chi connectivity index (χ0v) is 10.8. The lowest BCUT2D eigenvalue weighted by Crippen LogP contribution is -2.04. The molecule has 0 amide bonds. The summed E-state index contributed by atoms with van der Waals surface area (Å²) in [5.41, 5.74) is 11.8. The van der Waals surface area contributed by atoms with Crippen LogP contribution in [0.3, 0.4) is 0 Å². The molecule has 0 unspecified atom stereocenters. The van der Waals surface area contributed by atoms with Crippen LogP contribution in [0.1, 0.15) is 25.3 Å². The Labute approximate surface area is 109 Å².